The van der Waals surface area contributed by atoms with Crippen LogP contribution >= 0.6 is 0 Å². The smallest absolute Gasteiger partial charge is 0.128 e. The number of nitrogens with two attached hydrogens (primary N) is 1. The second-order valence-electron chi connectivity index (χ2n) is 3.69. The summed E-state index contributed by atoms with van der Waals surface area (Å²) in [6.45, 7) is 2.11. The van der Waals surface area contributed by atoms with Gasteiger partial charge in [0.05, 0.1) is 12.5 Å². The topological polar surface area (TPSA) is 47.1 Å². The van der Waals surface area contributed by atoms with Crippen LogP contribution in [-0.4, -0.2) is 28.7 Å². The van der Waals surface area contributed by atoms with Crippen molar-refractivity contribution in [1.82, 2.24) is 9.55 Å². The molecule has 0 aliphatic carbocycles. The van der Waals surface area contributed by atoms with Gasteiger partial charge in [-0.1, -0.05) is 0 Å². The van der Waals surface area contributed by atoms with E-state index in [1.807, 2.05) is 19.6 Å². The van der Waals surface area contributed by atoms with Gasteiger partial charge in [-0.25, -0.2) is 4.98 Å². The van der Waals surface area contributed by atoms with Crippen molar-refractivity contribution in [3.63, 3.8) is 0 Å². The average Bonchev–Trinajstić information content (AvgIpc) is 2.53. The number of anilines is 1. The highest BCUT2D eigenvalue weighted by Crippen LogP contribution is 2.17. The molecule has 4 nitrogen and oxygen atoms in total. The van der Waals surface area contributed by atoms with Crippen LogP contribution in [0.5, 0.6) is 0 Å². The summed E-state index contributed by atoms with van der Waals surface area (Å²) in [5, 5.41) is 0. The van der Waals surface area contributed by atoms with Crippen molar-refractivity contribution in [3.8, 4) is 0 Å². The maximum Gasteiger partial charge on any atom is 0.128 e. The van der Waals surface area contributed by atoms with Crippen LogP contribution in [0.4, 0.5) is 5.82 Å². The van der Waals surface area contributed by atoms with Crippen molar-refractivity contribution in [2.24, 2.45) is 12.8 Å². The molecule has 0 aromatic carbocycles. The summed E-state index contributed by atoms with van der Waals surface area (Å²) >= 11 is 0. The quantitative estimate of drug-likeness (QED) is 0.678. The van der Waals surface area contributed by atoms with Crippen LogP contribution in [0, 0.1) is 0 Å². The molecule has 0 saturated carbocycles. The predicted octanol–water partition coefficient (Wildman–Crippen LogP) is 0.348. The number of nitrogens with zero attached hydrogens (tertiary/aromatic N) is 3. The van der Waals surface area contributed by atoms with Crippen LogP contribution in [0.3, 0.4) is 0 Å². The maximum absolute atomic E-state index is 5.84. The summed E-state index contributed by atoms with van der Waals surface area (Å²) in [6.07, 6.45) is 5.93. The predicted molar refractivity (Wildman–Crippen MR) is 52.6 cm³/mol. The second-order valence-corrected chi connectivity index (χ2v) is 3.69. The van der Waals surface area contributed by atoms with Crippen LogP contribution < -0.4 is 10.6 Å². The van der Waals surface area contributed by atoms with E-state index >= 15 is 0 Å². The fourth-order valence-electron chi connectivity index (χ4n) is 1.78. The number of rotatable bonds is 1. The van der Waals surface area contributed by atoms with E-state index in [2.05, 4.69) is 14.5 Å². The molecule has 2 heterocycles. The number of hydrogen-bond acceptors (Lipinski definition) is 3. The minimum Gasteiger partial charge on any atom is -0.357 e. The fraction of sp³-hybridized carbons (Fsp3) is 0.667. The molecule has 1 aromatic heterocycles. The first-order valence-electron chi connectivity index (χ1n) is 4.74. The van der Waals surface area contributed by atoms with Crippen molar-refractivity contribution in [2.75, 3.05) is 18.0 Å². The normalized spacial score (nSPS) is 19.4. The first-order chi connectivity index (χ1) is 6.27. The van der Waals surface area contributed by atoms with E-state index in [4.69, 9.17) is 5.73 Å². The summed E-state index contributed by atoms with van der Waals surface area (Å²) in [6, 6.07) is 0.393. The number of aryl methyl sites for hydroxylation is 1. The van der Waals surface area contributed by atoms with Gasteiger partial charge in [0.2, 0.25) is 0 Å². The zero-order chi connectivity index (χ0) is 9.26. The molecule has 4 heteroatoms. The minimum atomic E-state index is 0.393. The van der Waals surface area contributed by atoms with Gasteiger partial charge in [-0.15, -0.1) is 0 Å². The summed E-state index contributed by atoms with van der Waals surface area (Å²) in [5.74, 6) is 1.20. The molecule has 0 unspecified atom stereocenters. The Kier molecular flexibility index (Phi) is 2.22. The number of imidazole rings is 1. The summed E-state index contributed by atoms with van der Waals surface area (Å²) < 4.78 is 2.05. The van der Waals surface area contributed by atoms with Gasteiger partial charge in [0, 0.05) is 26.2 Å². The molecule has 1 fully saturated rings. The summed E-state index contributed by atoms with van der Waals surface area (Å²) in [4.78, 5) is 6.45. The molecule has 13 heavy (non-hydrogen) atoms. The molecular formula is C9H16N4. The summed E-state index contributed by atoms with van der Waals surface area (Å²) in [7, 11) is 2.02. The molecular weight excluding hydrogens is 164 g/mol. The molecule has 2 N–H and O–H groups in total. The van der Waals surface area contributed by atoms with E-state index in [-0.39, 0.29) is 0 Å². The summed E-state index contributed by atoms with van der Waals surface area (Å²) in [5.41, 5.74) is 5.84. The Morgan fingerprint density at radius 3 is 2.69 bits per heavy atom. The largest absolute Gasteiger partial charge is 0.357 e. The third-order valence-corrected chi connectivity index (χ3v) is 2.65. The molecule has 0 spiro atoms. The Labute approximate surface area is 78.4 Å². The lowest BCUT2D eigenvalue weighted by molar-refractivity contribution is 0.495. The van der Waals surface area contributed by atoms with Gasteiger partial charge in [-0.3, -0.25) is 0 Å². The van der Waals surface area contributed by atoms with Crippen molar-refractivity contribution in [1.29, 1.82) is 0 Å². The molecule has 0 atom stereocenters. The van der Waals surface area contributed by atoms with Gasteiger partial charge in [-0.05, 0) is 12.8 Å². The number of aromatic nitrogens is 2. The number of piperidine rings is 1. The van der Waals surface area contributed by atoms with Crippen LogP contribution in [0.25, 0.3) is 0 Å². The van der Waals surface area contributed by atoms with E-state index in [1.165, 1.54) is 5.82 Å². The standard InChI is InChI=1S/C9H16N4/c1-12-7-11-6-9(12)13-4-2-8(10)3-5-13/h6-8H,2-5,10H2,1H3. The average molecular weight is 180 g/mol. The number of hydrogen-bond donors (Lipinski definition) is 1. The van der Waals surface area contributed by atoms with Crippen LogP contribution in [-0.2, 0) is 7.05 Å². The Bertz CT molecular complexity index is 273. The van der Waals surface area contributed by atoms with E-state index in [0.29, 0.717) is 6.04 Å². The zero-order valence-corrected chi connectivity index (χ0v) is 7.98. The fourth-order valence-corrected chi connectivity index (χ4v) is 1.78. The van der Waals surface area contributed by atoms with E-state index < -0.39 is 0 Å². The van der Waals surface area contributed by atoms with Crippen molar-refractivity contribution >= 4 is 5.82 Å². The second kappa shape index (κ2) is 3.38. The molecule has 72 valence electrons. The van der Waals surface area contributed by atoms with Crippen molar-refractivity contribution in [2.45, 2.75) is 18.9 Å². The third-order valence-electron chi connectivity index (χ3n) is 2.65. The lowest BCUT2D eigenvalue weighted by atomic mass is 10.1. The van der Waals surface area contributed by atoms with Crippen molar-refractivity contribution in [3.05, 3.63) is 12.5 Å². The maximum atomic E-state index is 5.84. The highest BCUT2D eigenvalue weighted by atomic mass is 15.3. The first kappa shape index (κ1) is 8.56. The molecule has 0 amide bonds. The Morgan fingerprint density at radius 2 is 2.15 bits per heavy atom. The van der Waals surface area contributed by atoms with Gasteiger partial charge >= 0.3 is 0 Å². The van der Waals surface area contributed by atoms with E-state index in [9.17, 15) is 0 Å². The Hall–Kier alpha value is -1.03. The van der Waals surface area contributed by atoms with Gasteiger partial charge < -0.3 is 15.2 Å². The molecule has 1 aliphatic heterocycles. The minimum absolute atomic E-state index is 0.393. The van der Waals surface area contributed by atoms with Gasteiger partial charge in [0.25, 0.3) is 0 Å². The highest BCUT2D eigenvalue weighted by Gasteiger charge is 2.17. The lowest BCUT2D eigenvalue weighted by Gasteiger charge is -2.31. The lowest BCUT2D eigenvalue weighted by Crippen LogP contribution is -2.40. The molecule has 2 rings (SSSR count). The Morgan fingerprint density at radius 1 is 1.46 bits per heavy atom. The van der Waals surface area contributed by atoms with Crippen LogP contribution in [0.2, 0.25) is 0 Å². The van der Waals surface area contributed by atoms with Crippen LogP contribution in [0.15, 0.2) is 12.5 Å². The molecule has 1 aliphatic rings. The monoisotopic (exact) mass is 180 g/mol. The van der Waals surface area contributed by atoms with Gasteiger partial charge in [0.15, 0.2) is 0 Å². The molecule has 0 bridgehead atoms. The Balaban J connectivity index is 2.06. The molecule has 0 radical (unpaired) electrons. The van der Waals surface area contributed by atoms with Crippen molar-refractivity contribution < 1.29 is 0 Å². The highest BCUT2D eigenvalue weighted by molar-refractivity contribution is 5.37. The van der Waals surface area contributed by atoms with Crippen LogP contribution in [0.1, 0.15) is 12.8 Å². The third kappa shape index (κ3) is 1.67. The first-order valence-corrected chi connectivity index (χ1v) is 4.74. The van der Waals surface area contributed by atoms with E-state index in [1.54, 1.807) is 0 Å². The van der Waals surface area contributed by atoms with Gasteiger partial charge in [0.1, 0.15) is 5.82 Å². The van der Waals surface area contributed by atoms with Gasteiger partial charge in [-0.2, -0.15) is 0 Å². The SMILES string of the molecule is Cn1cncc1N1CCC(N)CC1. The molecule has 1 saturated heterocycles. The molecule has 1 aromatic rings. The zero-order valence-electron chi connectivity index (χ0n) is 7.98. The van der Waals surface area contributed by atoms with E-state index in [0.717, 1.165) is 25.9 Å².